The molecule has 0 aliphatic carbocycles. The fraction of sp³-hybridized carbons (Fsp3) is 0.0625. The van der Waals surface area contributed by atoms with Crippen molar-refractivity contribution in [2.24, 2.45) is 0 Å². The van der Waals surface area contributed by atoms with Gasteiger partial charge in [-0.2, -0.15) is 0 Å². The lowest BCUT2D eigenvalue weighted by atomic mass is 9.95. The average Bonchev–Trinajstić information content (AvgIpc) is 2.40. The molecule has 0 saturated heterocycles. The number of carbonyl (C=O) groups excluding carboxylic acids is 1. The zero-order chi connectivity index (χ0) is 12.1. The molecular formula is C16H14O. The van der Waals surface area contributed by atoms with E-state index in [1.165, 1.54) is 5.56 Å². The first-order valence-corrected chi connectivity index (χ1v) is 5.60. The molecule has 2 rings (SSSR count). The van der Waals surface area contributed by atoms with Gasteiger partial charge in [0.15, 0.2) is 0 Å². The first-order chi connectivity index (χ1) is 8.33. The topological polar surface area (TPSA) is 17.1 Å². The summed E-state index contributed by atoms with van der Waals surface area (Å²) in [6.07, 6.45) is 2.43. The van der Waals surface area contributed by atoms with E-state index in [0.29, 0.717) is 0 Å². The van der Waals surface area contributed by atoms with Gasteiger partial charge >= 0.3 is 0 Å². The van der Waals surface area contributed by atoms with Crippen molar-refractivity contribution in [1.82, 2.24) is 0 Å². The molecule has 2 aromatic rings. The molecule has 0 unspecified atom stereocenters. The van der Waals surface area contributed by atoms with Gasteiger partial charge in [-0.05, 0) is 35.3 Å². The summed E-state index contributed by atoms with van der Waals surface area (Å²) in [5.41, 5.74) is 4.41. The molecular weight excluding hydrogens is 208 g/mol. The van der Waals surface area contributed by atoms with E-state index >= 15 is 0 Å². The van der Waals surface area contributed by atoms with Gasteiger partial charge in [-0.25, -0.2) is 0 Å². The molecule has 17 heavy (non-hydrogen) atoms. The highest BCUT2D eigenvalue weighted by Gasteiger charge is 2.04. The van der Waals surface area contributed by atoms with E-state index in [0.717, 1.165) is 23.0 Å². The van der Waals surface area contributed by atoms with Crippen LogP contribution in [0.2, 0.25) is 0 Å². The minimum Gasteiger partial charge on any atom is -0.299 e. The van der Waals surface area contributed by atoms with Crippen LogP contribution in [0.4, 0.5) is 0 Å². The van der Waals surface area contributed by atoms with Crippen molar-refractivity contribution in [3.63, 3.8) is 0 Å². The summed E-state index contributed by atoms with van der Waals surface area (Å²) in [6, 6.07) is 18.3. The monoisotopic (exact) mass is 222 g/mol. The molecule has 0 N–H and O–H groups in total. The SMILES string of the molecule is CC(=CC=O)c1ccccc1-c1ccccc1. The zero-order valence-electron chi connectivity index (χ0n) is 9.76. The van der Waals surface area contributed by atoms with Crippen molar-refractivity contribution in [1.29, 1.82) is 0 Å². The molecule has 0 heterocycles. The van der Waals surface area contributed by atoms with Gasteiger partial charge in [0.1, 0.15) is 6.29 Å². The predicted octanol–water partition coefficient (Wildman–Crippen LogP) is 3.96. The fourth-order valence-electron chi connectivity index (χ4n) is 1.89. The normalized spacial score (nSPS) is 11.2. The highest BCUT2D eigenvalue weighted by molar-refractivity contribution is 5.87. The summed E-state index contributed by atoms with van der Waals surface area (Å²) < 4.78 is 0. The second kappa shape index (κ2) is 5.26. The minimum atomic E-state index is 0.830. The Balaban J connectivity index is 2.56. The van der Waals surface area contributed by atoms with E-state index in [9.17, 15) is 4.79 Å². The van der Waals surface area contributed by atoms with Crippen molar-refractivity contribution in [3.05, 3.63) is 66.2 Å². The van der Waals surface area contributed by atoms with Crippen LogP contribution in [0.1, 0.15) is 12.5 Å². The predicted molar refractivity (Wildman–Crippen MR) is 71.6 cm³/mol. The van der Waals surface area contributed by atoms with Crippen LogP contribution in [0.15, 0.2) is 60.7 Å². The standard InChI is InChI=1S/C16H14O/c1-13(11-12-17)15-9-5-6-10-16(15)14-7-3-2-4-8-14/h2-12H,1H3. The van der Waals surface area contributed by atoms with Crippen molar-refractivity contribution in [3.8, 4) is 11.1 Å². The second-order valence-corrected chi connectivity index (χ2v) is 3.90. The molecule has 0 radical (unpaired) electrons. The third-order valence-corrected chi connectivity index (χ3v) is 2.75. The van der Waals surface area contributed by atoms with Crippen LogP contribution < -0.4 is 0 Å². The van der Waals surface area contributed by atoms with E-state index in [1.807, 2.05) is 43.3 Å². The fourth-order valence-corrected chi connectivity index (χ4v) is 1.89. The summed E-state index contributed by atoms with van der Waals surface area (Å²) in [6.45, 7) is 1.95. The number of hydrogen-bond donors (Lipinski definition) is 0. The number of hydrogen-bond acceptors (Lipinski definition) is 1. The maximum atomic E-state index is 10.6. The average molecular weight is 222 g/mol. The Morgan fingerprint density at radius 3 is 2.29 bits per heavy atom. The summed E-state index contributed by atoms with van der Waals surface area (Å²) in [5, 5.41) is 0. The van der Waals surface area contributed by atoms with Crippen LogP contribution in [0, 0.1) is 0 Å². The lowest BCUT2D eigenvalue weighted by molar-refractivity contribution is -0.104. The summed E-state index contributed by atoms with van der Waals surface area (Å²) in [5.74, 6) is 0. The van der Waals surface area contributed by atoms with E-state index in [4.69, 9.17) is 0 Å². The summed E-state index contributed by atoms with van der Waals surface area (Å²) in [7, 11) is 0. The molecule has 84 valence electrons. The molecule has 2 aromatic carbocycles. The Bertz CT molecular complexity index is 538. The van der Waals surface area contributed by atoms with E-state index < -0.39 is 0 Å². The molecule has 1 nitrogen and oxygen atoms in total. The molecule has 0 atom stereocenters. The molecule has 0 aliphatic heterocycles. The smallest absolute Gasteiger partial charge is 0.143 e. The van der Waals surface area contributed by atoms with Crippen LogP contribution >= 0.6 is 0 Å². The molecule has 0 bridgehead atoms. The van der Waals surface area contributed by atoms with Gasteiger partial charge < -0.3 is 0 Å². The van der Waals surface area contributed by atoms with Crippen LogP contribution in [0.3, 0.4) is 0 Å². The van der Waals surface area contributed by atoms with Gasteiger partial charge in [-0.3, -0.25) is 4.79 Å². The maximum Gasteiger partial charge on any atom is 0.143 e. The Hall–Kier alpha value is -2.15. The lowest BCUT2D eigenvalue weighted by Gasteiger charge is -2.09. The molecule has 1 heteroatoms. The number of benzene rings is 2. The second-order valence-electron chi connectivity index (χ2n) is 3.90. The van der Waals surface area contributed by atoms with Crippen molar-refractivity contribution >= 4 is 11.9 Å². The van der Waals surface area contributed by atoms with Gasteiger partial charge in [-0.15, -0.1) is 0 Å². The largest absolute Gasteiger partial charge is 0.299 e. The van der Waals surface area contributed by atoms with Gasteiger partial charge in [0.2, 0.25) is 0 Å². The quantitative estimate of drug-likeness (QED) is 0.567. The molecule has 0 spiro atoms. The Morgan fingerprint density at radius 1 is 0.941 bits per heavy atom. The van der Waals surface area contributed by atoms with Crippen LogP contribution in [-0.4, -0.2) is 6.29 Å². The van der Waals surface area contributed by atoms with E-state index in [2.05, 4.69) is 18.2 Å². The molecule has 0 aromatic heterocycles. The van der Waals surface area contributed by atoms with Crippen molar-refractivity contribution in [2.45, 2.75) is 6.92 Å². The molecule has 0 saturated carbocycles. The Morgan fingerprint density at radius 2 is 1.59 bits per heavy atom. The van der Waals surface area contributed by atoms with E-state index in [1.54, 1.807) is 6.08 Å². The Kier molecular flexibility index (Phi) is 3.51. The number of aldehydes is 1. The molecule has 0 fully saturated rings. The van der Waals surface area contributed by atoms with Crippen LogP contribution in [-0.2, 0) is 4.79 Å². The van der Waals surface area contributed by atoms with Gasteiger partial charge in [0.05, 0.1) is 0 Å². The highest BCUT2D eigenvalue weighted by Crippen LogP contribution is 2.28. The van der Waals surface area contributed by atoms with Crippen molar-refractivity contribution < 1.29 is 4.79 Å². The van der Waals surface area contributed by atoms with Gasteiger partial charge in [0.25, 0.3) is 0 Å². The van der Waals surface area contributed by atoms with Crippen LogP contribution in [0.25, 0.3) is 16.7 Å². The third-order valence-electron chi connectivity index (χ3n) is 2.75. The Labute approximate surface area is 101 Å². The van der Waals surface area contributed by atoms with Crippen molar-refractivity contribution in [2.75, 3.05) is 0 Å². The summed E-state index contributed by atoms with van der Waals surface area (Å²) >= 11 is 0. The number of carbonyl (C=O) groups is 1. The van der Waals surface area contributed by atoms with Gasteiger partial charge in [0, 0.05) is 0 Å². The van der Waals surface area contributed by atoms with Gasteiger partial charge in [-0.1, -0.05) is 54.6 Å². The number of rotatable bonds is 3. The number of allylic oxidation sites excluding steroid dienone is 2. The maximum absolute atomic E-state index is 10.6. The first kappa shape index (κ1) is 11.3. The highest BCUT2D eigenvalue weighted by atomic mass is 16.1. The van der Waals surface area contributed by atoms with Crippen LogP contribution in [0.5, 0.6) is 0 Å². The lowest BCUT2D eigenvalue weighted by Crippen LogP contribution is -1.87. The van der Waals surface area contributed by atoms with E-state index in [-0.39, 0.29) is 0 Å². The third kappa shape index (κ3) is 2.51. The molecule has 0 aliphatic rings. The molecule has 0 amide bonds. The summed E-state index contributed by atoms with van der Waals surface area (Å²) in [4.78, 5) is 10.6. The zero-order valence-corrected chi connectivity index (χ0v) is 9.76. The minimum absolute atomic E-state index is 0.830. The first-order valence-electron chi connectivity index (χ1n) is 5.60.